The van der Waals surface area contributed by atoms with Crippen molar-refractivity contribution in [3.63, 3.8) is 0 Å². The van der Waals surface area contributed by atoms with Gasteiger partial charge in [-0.3, -0.25) is 0 Å². The Morgan fingerprint density at radius 2 is 1.62 bits per heavy atom. The summed E-state index contributed by atoms with van der Waals surface area (Å²) in [6.45, 7) is 2.78. The standard InChI is InChI=1S/C26H31N5O/c32-26(29-21-9-3-1-4-10-21)31-16-8-2-5-13-24(31)20-14-17-30(18-15-20)25-22-11-6-7-12-23(22)27-19-28-25/h1,3-4,6-7,9-12,19-20,24H,2,5,8,13-18H2,(H,29,32)/t24-/m1/s1. The molecule has 0 spiro atoms. The van der Waals surface area contributed by atoms with E-state index < -0.39 is 0 Å². The summed E-state index contributed by atoms with van der Waals surface area (Å²) in [5.74, 6) is 1.56. The van der Waals surface area contributed by atoms with Crippen molar-refractivity contribution < 1.29 is 4.79 Å². The third-order valence-electron chi connectivity index (χ3n) is 6.99. The summed E-state index contributed by atoms with van der Waals surface area (Å²) in [6, 6.07) is 18.4. The van der Waals surface area contributed by atoms with Crippen molar-refractivity contribution in [3.8, 4) is 0 Å². The third kappa shape index (κ3) is 4.40. The Balaban J connectivity index is 1.29. The molecular weight excluding hydrogens is 398 g/mol. The van der Waals surface area contributed by atoms with Crippen molar-refractivity contribution in [1.29, 1.82) is 0 Å². The highest BCUT2D eigenvalue weighted by molar-refractivity contribution is 5.90. The van der Waals surface area contributed by atoms with E-state index in [2.05, 4.69) is 37.2 Å². The van der Waals surface area contributed by atoms with E-state index in [0.717, 1.165) is 67.7 Å². The van der Waals surface area contributed by atoms with E-state index in [1.807, 2.05) is 42.5 Å². The monoisotopic (exact) mass is 429 g/mol. The van der Waals surface area contributed by atoms with Crippen molar-refractivity contribution in [3.05, 3.63) is 60.9 Å². The van der Waals surface area contributed by atoms with Gasteiger partial charge in [0.1, 0.15) is 12.1 Å². The number of likely N-dealkylation sites (tertiary alicyclic amines) is 1. The van der Waals surface area contributed by atoms with Gasteiger partial charge < -0.3 is 15.1 Å². The van der Waals surface area contributed by atoms with E-state index in [4.69, 9.17) is 0 Å². The predicted molar refractivity (Wildman–Crippen MR) is 129 cm³/mol. The predicted octanol–water partition coefficient (Wildman–Crippen LogP) is 5.32. The van der Waals surface area contributed by atoms with Crippen LogP contribution in [0, 0.1) is 5.92 Å². The fourth-order valence-electron chi connectivity index (χ4n) is 5.33. The topological polar surface area (TPSA) is 61.4 Å². The molecule has 1 aromatic heterocycles. The van der Waals surface area contributed by atoms with Gasteiger partial charge in [0, 0.05) is 36.7 Å². The van der Waals surface area contributed by atoms with Crippen molar-refractivity contribution in [2.24, 2.45) is 5.92 Å². The number of nitrogens with zero attached hydrogens (tertiary/aromatic N) is 4. The van der Waals surface area contributed by atoms with Crippen LogP contribution in [0.15, 0.2) is 60.9 Å². The van der Waals surface area contributed by atoms with E-state index in [-0.39, 0.29) is 6.03 Å². The highest BCUT2D eigenvalue weighted by Crippen LogP contribution is 2.33. The molecule has 3 aromatic rings. The van der Waals surface area contributed by atoms with Crippen LogP contribution in [0.5, 0.6) is 0 Å². The zero-order chi connectivity index (χ0) is 21.8. The lowest BCUT2D eigenvalue weighted by molar-refractivity contribution is 0.146. The molecule has 0 bridgehead atoms. The Hall–Kier alpha value is -3.15. The Kier molecular flexibility index (Phi) is 6.19. The van der Waals surface area contributed by atoms with Crippen LogP contribution in [0.1, 0.15) is 38.5 Å². The zero-order valence-corrected chi connectivity index (χ0v) is 18.5. The highest BCUT2D eigenvalue weighted by atomic mass is 16.2. The maximum absolute atomic E-state index is 13.2. The van der Waals surface area contributed by atoms with Crippen molar-refractivity contribution in [1.82, 2.24) is 14.9 Å². The number of aromatic nitrogens is 2. The second-order valence-corrected chi connectivity index (χ2v) is 8.95. The first-order valence-electron chi connectivity index (χ1n) is 11.9. The largest absolute Gasteiger partial charge is 0.356 e. The Morgan fingerprint density at radius 1 is 0.844 bits per heavy atom. The molecule has 6 nitrogen and oxygen atoms in total. The van der Waals surface area contributed by atoms with Gasteiger partial charge in [0.2, 0.25) is 0 Å². The van der Waals surface area contributed by atoms with Crippen LogP contribution in [-0.4, -0.2) is 46.6 Å². The molecule has 1 atom stereocenters. The normalized spacial score (nSPS) is 20.2. The Labute approximate surface area is 189 Å². The minimum atomic E-state index is 0.0484. The minimum absolute atomic E-state index is 0.0484. The molecule has 1 N–H and O–H groups in total. The van der Waals surface area contributed by atoms with Crippen molar-refractivity contribution in [2.75, 3.05) is 29.9 Å². The third-order valence-corrected chi connectivity index (χ3v) is 6.99. The van der Waals surface area contributed by atoms with E-state index in [0.29, 0.717) is 12.0 Å². The van der Waals surface area contributed by atoms with Crippen LogP contribution < -0.4 is 10.2 Å². The molecule has 0 unspecified atom stereocenters. The van der Waals surface area contributed by atoms with Gasteiger partial charge in [0.05, 0.1) is 5.52 Å². The first kappa shape index (κ1) is 20.7. The first-order chi connectivity index (χ1) is 15.8. The maximum Gasteiger partial charge on any atom is 0.322 e. The number of urea groups is 1. The van der Waals surface area contributed by atoms with E-state index >= 15 is 0 Å². The fourth-order valence-corrected chi connectivity index (χ4v) is 5.33. The number of piperidine rings is 1. The summed E-state index contributed by atoms with van der Waals surface area (Å²) in [6.07, 6.45) is 8.43. The van der Waals surface area contributed by atoms with Crippen LogP contribution >= 0.6 is 0 Å². The number of benzene rings is 2. The highest BCUT2D eigenvalue weighted by Gasteiger charge is 2.34. The molecular formula is C26H31N5O. The average Bonchev–Trinajstić information content (AvgIpc) is 3.11. The summed E-state index contributed by atoms with van der Waals surface area (Å²) < 4.78 is 0. The van der Waals surface area contributed by atoms with E-state index in [1.165, 1.54) is 12.8 Å². The second-order valence-electron chi connectivity index (χ2n) is 8.95. The molecule has 2 fully saturated rings. The fraction of sp³-hybridized carbons (Fsp3) is 0.423. The number of para-hydroxylation sites is 2. The minimum Gasteiger partial charge on any atom is -0.356 e. The van der Waals surface area contributed by atoms with Crippen LogP contribution in [0.2, 0.25) is 0 Å². The van der Waals surface area contributed by atoms with Gasteiger partial charge in [-0.05, 0) is 55.9 Å². The molecule has 0 aliphatic carbocycles. The summed E-state index contributed by atoms with van der Waals surface area (Å²) in [5, 5.41) is 4.24. The number of rotatable bonds is 3. The molecule has 0 saturated carbocycles. The molecule has 2 aromatic carbocycles. The molecule has 2 saturated heterocycles. The Morgan fingerprint density at radius 3 is 2.47 bits per heavy atom. The van der Waals surface area contributed by atoms with Crippen LogP contribution in [0.4, 0.5) is 16.3 Å². The summed E-state index contributed by atoms with van der Waals surface area (Å²) in [4.78, 5) is 26.7. The zero-order valence-electron chi connectivity index (χ0n) is 18.5. The first-order valence-corrected chi connectivity index (χ1v) is 11.9. The SMILES string of the molecule is O=C(Nc1ccccc1)N1CCCCC[C@@H]1C1CCN(c2ncnc3ccccc23)CC1. The molecule has 6 heteroatoms. The number of hydrogen-bond donors (Lipinski definition) is 1. The summed E-state index contributed by atoms with van der Waals surface area (Å²) in [7, 11) is 0. The molecule has 0 radical (unpaired) electrons. The molecule has 2 amide bonds. The van der Waals surface area contributed by atoms with Gasteiger partial charge >= 0.3 is 6.03 Å². The van der Waals surface area contributed by atoms with Gasteiger partial charge in [0.15, 0.2) is 0 Å². The molecule has 166 valence electrons. The quantitative estimate of drug-likeness (QED) is 0.612. The molecule has 3 heterocycles. The smallest absolute Gasteiger partial charge is 0.322 e. The number of nitrogens with one attached hydrogen (secondary N) is 1. The van der Waals surface area contributed by atoms with Gasteiger partial charge in [-0.2, -0.15) is 0 Å². The molecule has 2 aliphatic rings. The van der Waals surface area contributed by atoms with Crippen LogP contribution in [0.3, 0.4) is 0 Å². The van der Waals surface area contributed by atoms with Crippen molar-refractivity contribution in [2.45, 2.75) is 44.6 Å². The number of carbonyl (C=O) groups is 1. The number of fused-ring (bicyclic) bond motifs is 1. The number of hydrogen-bond acceptors (Lipinski definition) is 4. The van der Waals surface area contributed by atoms with Gasteiger partial charge in [0.25, 0.3) is 0 Å². The lowest BCUT2D eigenvalue weighted by Gasteiger charge is -2.41. The van der Waals surface area contributed by atoms with Gasteiger partial charge in [-0.25, -0.2) is 14.8 Å². The van der Waals surface area contributed by atoms with Gasteiger partial charge in [-0.1, -0.05) is 43.2 Å². The van der Waals surface area contributed by atoms with Gasteiger partial charge in [-0.15, -0.1) is 0 Å². The molecule has 5 rings (SSSR count). The van der Waals surface area contributed by atoms with E-state index in [9.17, 15) is 4.79 Å². The number of amides is 2. The average molecular weight is 430 g/mol. The molecule has 2 aliphatic heterocycles. The number of anilines is 2. The lowest BCUT2D eigenvalue weighted by Crippen LogP contribution is -2.49. The van der Waals surface area contributed by atoms with Crippen LogP contribution in [-0.2, 0) is 0 Å². The van der Waals surface area contributed by atoms with Crippen LogP contribution in [0.25, 0.3) is 10.9 Å². The second kappa shape index (κ2) is 9.55. The Bertz CT molecular complexity index is 1040. The number of carbonyl (C=O) groups excluding carboxylic acids is 1. The van der Waals surface area contributed by atoms with Crippen molar-refractivity contribution >= 4 is 28.4 Å². The summed E-state index contributed by atoms with van der Waals surface area (Å²) >= 11 is 0. The van der Waals surface area contributed by atoms with E-state index in [1.54, 1.807) is 6.33 Å². The molecule has 32 heavy (non-hydrogen) atoms. The lowest BCUT2D eigenvalue weighted by atomic mass is 9.86. The summed E-state index contributed by atoms with van der Waals surface area (Å²) in [5.41, 5.74) is 1.86. The maximum atomic E-state index is 13.2.